The number of rotatable bonds is 3. The van der Waals surface area contributed by atoms with Gasteiger partial charge in [-0.15, -0.1) is 0 Å². The van der Waals surface area contributed by atoms with Gasteiger partial charge in [0.15, 0.2) is 0 Å². The maximum atomic E-state index is 6.43. The predicted molar refractivity (Wildman–Crippen MR) is 92.8 cm³/mol. The van der Waals surface area contributed by atoms with E-state index in [1.54, 1.807) is 0 Å². The van der Waals surface area contributed by atoms with Crippen molar-refractivity contribution in [1.82, 2.24) is 0 Å². The molecule has 2 rings (SSSR count). The summed E-state index contributed by atoms with van der Waals surface area (Å²) in [5, 5.41) is 0.903. The van der Waals surface area contributed by atoms with Gasteiger partial charge in [0.25, 0.3) is 0 Å². The van der Waals surface area contributed by atoms with Crippen LogP contribution in [0, 0.1) is 23.7 Å². The van der Waals surface area contributed by atoms with E-state index in [1.807, 2.05) is 0 Å². The third-order valence-electron chi connectivity index (χ3n) is 5.48. The van der Waals surface area contributed by atoms with Crippen LogP contribution in [0.25, 0.3) is 0 Å². The molecule has 1 fully saturated rings. The van der Waals surface area contributed by atoms with E-state index in [9.17, 15) is 0 Å². The number of nitrogens with two attached hydrogens (primary N) is 1. The van der Waals surface area contributed by atoms with Crippen LogP contribution in [0.2, 0.25) is 5.02 Å². The largest absolute Gasteiger partial charge is 0.330 e. The molecular formula is C19H30ClN. The molecule has 0 saturated heterocycles. The molecule has 1 nitrogen and oxygen atoms in total. The van der Waals surface area contributed by atoms with Crippen LogP contribution in [-0.4, -0.2) is 6.54 Å². The lowest BCUT2D eigenvalue weighted by atomic mass is 9.62. The first-order valence-electron chi connectivity index (χ1n) is 8.21. The minimum Gasteiger partial charge on any atom is -0.330 e. The van der Waals surface area contributed by atoms with Crippen LogP contribution in [-0.2, 0) is 6.42 Å². The van der Waals surface area contributed by atoms with Gasteiger partial charge in [-0.05, 0) is 79.5 Å². The van der Waals surface area contributed by atoms with E-state index in [-0.39, 0.29) is 5.41 Å². The monoisotopic (exact) mass is 307 g/mol. The molecule has 2 N–H and O–H groups in total. The van der Waals surface area contributed by atoms with E-state index in [2.05, 4.69) is 45.9 Å². The van der Waals surface area contributed by atoms with Crippen molar-refractivity contribution in [2.24, 2.45) is 22.5 Å². The molecule has 1 aromatic rings. The summed E-state index contributed by atoms with van der Waals surface area (Å²) in [6.45, 7) is 9.95. The van der Waals surface area contributed by atoms with Gasteiger partial charge in [-0.3, -0.25) is 0 Å². The highest BCUT2D eigenvalue weighted by atomic mass is 35.5. The van der Waals surface area contributed by atoms with Gasteiger partial charge in [-0.25, -0.2) is 0 Å². The smallest absolute Gasteiger partial charge is 0.0440 e. The zero-order valence-electron chi connectivity index (χ0n) is 14.0. The van der Waals surface area contributed by atoms with Crippen molar-refractivity contribution in [3.05, 3.63) is 34.3 Å². The SMILES string of the molecule is Cc1ccc(CC2(CN)CCC(C(C)(C)C)CC2)c(Cl)c1. The summed E-state index contributed by atoms with van der Waals surface area (Å²) in [5.74, 6) is 0.825. The van der Waals surface area contributed by atoms with Crippen LogP contribution in [0.15, 0.2) is 18.2 Å². The minimum atomic E-state index is 0.251. The lowest BCUT2D eigenvalue weighted by Crippen LogP contribution is -2.39. The van der Waals surface area contributed by atoms with Crippen molar-refractivity contribution in [3.63, 3.8) is 0 Å². The Kier molecular flexibility index (Phi) is 5.05. The minimum absolute atomic E-state index is 0.251. The first kappa shape index (κ1) is 16.8. The van der Waals surface area contributed by atoms with Gasteiger partial charge in [-0.1, -0.05) is 44.5 Å². The summed E-state index contributed by atoms with van der Waals surface area (Å²) in [7, 11) is 0. The fourth-order valence-corrected chi connectivity index (χ4v) is 4.05. The highest BCUT2D eigenvalue weighted by Gasteiger charge is 2.38. The lowest BCUT2D eigenvalue weighted by Gasteiger charge is -2.44. The highest BCUT2D eigenvalue weighted by molar-refractivity contribution is 6.31. The molecule has 0 atom stereocenters. The summed E-state index contributed by atoms with van der Waals surface area (Å²) in [6, 6.07) is 6.42. The van der Waals surface area contributed by atoms with Crippen LogP contribution in [0.3, 0.4) is 0 Å². The van der Waals surface area contributed by atoms with E-state index in [4.69, 9.17) is 17.3 Å². The molecular weight excluding hydrogens is 278 g/mol. The van der Waals surface area contributed by atoms with E-state index in [0.29, 0.717) is 5.41 Å². The second-order valence-corrected chi connectivity index (χ2v) is 8.52. The quantitative estimate of drug-likeness (QED) is 0.798. The number of hydrogen-bond donors (Lipinski definition) is 1. The van der Waals surface area contributed by atoms with E-state index in [0.717, 1.165) is 23.9 Å². The Balaban J connectivity index is 2.10. The molecule has 118 valence electrons. The molecule has 1 aromatic carbocycles. The van der Waals surface area contributed by atoms with E-state index >= 15 is 0 Å². The third-order valence-corrected chi connectivity index (χ3v) is 5.83. The highest BCUT2D eigenvalue weighted by Crippen LogP contribution is 2.46. The van der Waals surface area contributed by atoms with Crippen LogP contribution in [0.5, 0.6) is 0 Å². The molecule has 0 bridgehead atoms. The van der Waals surface area contributed by atoms with Gasteiger partial charge in [-0.2, -0.15) is 0 Å². The van der Waals surface area contributed by atoms with E-state index in [1.165, 1.54) is 36.8 Å². The Morgan fingerprint density at radius 1 is 1.24 bits per heavy atom. The summed E-state index contributed by atoms with van der Waals surface area (Å²) in [6.07, 6.45) is 6.08. The fraction of sp³-hybridized carbons (Fsp3) is 0.684. The standard InChI is InChI=1S/C19H30ClN/c1-14-5-6-15(17(20)11-14)12-19(13-21)9-7-16(8-10-19)18(2,3)4/h5-6,11,16H,7-10,12-13,21H2,1-4H3. The Bertz CT molecular complexity index is 479. The second-order valence-electron chi connectivity index (χ2n) is 8.12. The van der Waals surface area contributed by atoms with Gasteiger partial charge in [0.05, 0.1) is 0 Å². The topological polar surface area (TPSA) is 26.0 Å². The molecule has 0 heterocycles. The molecule has 0 spiro atoms. The number of aryl methyl sites for hydroxylation is 1. The summed E-state index contributed by atoms with van der Waals surface area (Å²) >= 11 is 6.43. The van der Waals surface area contributed by atoms with Crippen molar-refractivity contribution >= 4 is 11.6 Å². The first-order valence-corrected chi connectivity index (χ1v) is 8.59. The van der Waals surface area contributed by atoms with E-state index < -0.39 is 0 Å². The van der Waals surface area contributed by atoms with Crippen molar-refractivity contribution in [3.8, 4) is 0 Å². The van der Waals surface area contributed by atoms with Crippen LogP contribution in [0.1, 0.15) is 57.6 Å². The maximum Gasteiger partial charge on any atom is 0.0440 e. The third kappa shape index (κ3) is 4.02. The normalized spacial score (nSPS) is 26.9. The van der Waals surface area contributed by atoms with Gasteiger partial charge >= 0.3 is 0 Å². The first-order chi connectivity index (χ1) is 9.76. The number of benzene rings is 1. The number of hydrogen-bond acceptors (Lipinski definition) is 1. The predicted octanol–water partition coefficient (Wildman–Crippen LogP) is 5.37. The summed E-state index contributed by atoms with van der Waals surface area (Å²) in [5.41, 5.74) is 9.34. The molecule has 0 aliphatic heterocycles. The molecule has 1 saturated carbocycles. The maximum absolute atomic E-state index is 6.43. The lowest BCUT2D eigenvalue weighted by molar-refractivity contribution is 0.0926. The van der Waals surface area contributed by atoms with Gasteiger partial charge in [0, 0.05) is 5.02 Å². The van der Waals surface area contributed by atoms with Gasteiger partial charge in [0.2, 0.25) is 0 Å². The van der Waals surface area contributed by atoms with Gasteiger partial charge < -0.3 is 5.73 Å². The molecule has 0 unspecified atom stereocenters. The summed E-state index contributed by atoms with van der Waals surface area (Å²) < 4.78 is 0. The Morgan fingerprint density at radius 3 is 2.33 bits per heavy atom. The number of halogens is 1. The zero-order valence-corrected chi connectivity index (χ0v) is 14.8. The van der Waals surface area contributed by atoms with Gasteiger partial charge in [0.1, 0.15) is 0 Å². The second kappa shape index (κ2) is 6.30. The Hall–Kier alpha value is -0.530. The van der Waals surface area contributed by atoms with Crippen molar-refractivity contribution in [1.29, 1.82) is 0 Å². The molecule has 21 heavy (non-hydrogen) atoms. The van der Waals surface area contributed by atoms with Crippen LogP contribution in [0.4, 0.5) is 0 Å². The molecule has 0 radical (unpaired) electrons. The Morgan fingerprint density at radius 2 is 1.86 bits per heavy atom. The average Bonchev–Trinajstić information content (AvgIpc) is 2.41. The molecule has 0 amide bonds. The average molecular weight is 308 g/mol. The van der Waals surface area contributed by atoms with Crippen LogP contribution >= 0.6 is 11.6 Å². The zero-order chi connectivity index (χ0) is 15.7. The molecule has 0 aromatic heterocycles. The summed E-state index contributed by atoms with van der Waals surface area (Å²) in [4.78, 5) is 0. The van der Waals surface area contributed by atoms with Crippen LogP contribution < -0.4 is 5.73 Å². The van der Waals surface area contributed by atoms with Crippen molar-refractivity contribution in [2.75, 3.05) is 6.54 Å². The molecule has 2 heteroatoms. The molecule has 1 aliphatic carbocycles. The van der Waals surface area contributed by atoms with Crippen molar-refractivity contribution in [2.45, 2.75) is 59.8 Å². The Labute approximate surface area is 135 Å². The molecule has 1 aliphatic rings. The fourth-order valence-electron chi connectivity index (χ4n) is 3.75. The van der Waals surface area contributed by atoms with Crippen molar-refractivity contribution < 1.29 is 0 Å².